The van der Waals surface area contributed by atoms with Crippen LogP contribution in [0, 0.1) is 0 Å². The molecule has 0 saturated carbocycles. The van der Waals surface area contributed by atoms with Crippen molar-refractivity contribution in [2.45, 2.75) is 12.5 Å². The molecule has 1 aliphatic heterocycles. The van der Waals surface area contributed by atoms with E-state index >= 15 is 0 Å². The van der Waals surface area contributed by atoms with Crippen LogP contribution in [0.15, 0.2) is 58.1 Å². The smallest absolute Gasteiger partial charge is 0.335 e. The highest BCUT2D eigenvalue weighted by atomic mass is 16.5. The fourth-order valence-electron chi connectivity index (χ4n) is 4.20. The monoisotopic (exact) mass is 404 g/mol. The zero-order valence-corrected chi connectivity index (χ0v) is 16.2. The summed E-state index contributed by atoms with van der Waals surface area (Å²) in [4.78, 5) is 31.0. The Morgan fingerprint density at radius 1 is 1.07 bits per heavy atom. The number of aromatic hydroxyl groups is 1. The van der Waals surface area contributed by atoms with Crippen LogP contribution in [0.1, 0.15) is 22.9 Å². The number of nitrogens with one attached hydrogen (secondary N) is 3. The first-order valence-corrected chi connectivity index (χ1v) is 9.64. The van der Waals surface area contributed by atoms with Crippen LogP contribution in [0.2, 0.25) is 0 Å². The topological polar surface area (TPSA) is 112 Å². The zero-order chi connectivity index (χ0) is 20.8. The quantitative estimate of drug-likeness (QED) is 0.417. The van der Waals surface area contributed by atoms with E-state index in [4.69, 9.17) is 4.74 Å². The van der Waals surface area contributed by atoms with Gasteiger partial charge in [0.15, 0.2) is 0 Å². The third-order valence-corrected chi connectivity index (χ3v) is 5.60. The van der Waals surface area contributed by atoms with Gasteiger partial charge in [0, 0.05) is 23.1 Å². The molecule has 0 unspecified atom stereocenters. The number of methoxy groups -OCH3 is 1. The summed E-state index contributed by atoms with van der Waals surface area (Å²) < 4.78 is 6.24. The van der Waals surface area contributed by atoms with Crippen molar-refractivity contribution in [3.05, 3.63) is 86.2 Å². The molecule has 0 amide bonds. The average Bonchev–Trinajstić information content (AvgIpc) is 3.13. The third-order valence-electron chi connectivity index (χ3n) is 5.60. The molecule has 0 saturated heterocycles. The van der Waals surface area contributed by atoms with Gasteiger partial charge in [-0.2, -0.15) is 0 Å². The van der Waals surface area contributed by atoms with Gasteiger partial charge in [0.2, 0.25) is 5.88 Å². The first kappa shape index (κ1) is 18.3. The van der Waals surface area contributed by atoms with Crippen LogP contribution >= 0.6 is 0 Å². The van der Waals surface area contributed by atoms with Gasteiger partial charge in [0.05, 0.1) is 18.8 Å². The minimum atomic E-state index is -0.709. The molecule has 4 N–H and O–H groups in total. The number of para-hydroxylation sites is 1. The molecule has 8 nitrogen and oxygen atoms in total. The minimum Gasteiger partial charge on any atom is -0.497 e. The maximum Gasteiger partial charge on any atom is 0.335 e. The highest BCUT2D eigenvalue weighted by molar-refractivity contribution is 5.85. The number of aromatic nitrogens is 3. The van der Waals surface area contributed by atoms with Gasteiger partial charge in [-0.05, 0) is 42.3 Å². The first-order valence-electron chi connectivity index (χ1n) is 9.64. The van der Waals surface area contributed by atoms with Crippen LogP contribution in [-0.2, 0) is 6.42 Å². The molecule has 0 fully saturated rings. The molecule has 0 radical (unpaired) electrons. The van der Waals surface area contributed by atoms with E-state index < -0.39 is 23.2 Å². The predicted molar refractivity (Wildman–Crippen MR) is 113 cm³/mol. The summed E-state index contributed by atoms with van der Waals surface area (Å²) in [6.45, 7) is 0.639. The number of ether oxygens (including phenoxy) is 1. The Labute approximate surface area is 170 Å². The SMILES string of the molecule is COc1ccc(-n2c(O)c([C@H]3NCCc4c3[nH]c3ccccc43)c(=O)[nH]c2=O)cc1. The second-order valence-electron chi connectivity index (χ2n) is 7.23. The largest absolute Gasteiger partial charge is 0.497 e. The lowest BCUT2D eigenvalue weighted by molar-refractivity contribution is 0.408. The van der Waals surface area contributed by atoms with Crippen LogP contribution in [0.5, 0.6) is 11.6 Å². The van der Waals surface area contributed by atoms with E-state index in [1.54, 1.807) is 31.4 Å². The van der Waals surface area contributed by atoms with Gasteiger partial charge >= 0.3 is 5.69 Å². The summed E-state index contributed by atoms with van der Waals surface area (Å²) in [5, 5.41) is 15.4. The molecule has 8 heteroatoms. The van der Waals surface area contributed by atoms with E-state index in [9.17, 15) is 14.7 Å². The maximum absolute atomic E-state index is 12.8. The molecule has 0 spiro atoms. The van der Waals surface area contributed by atoms with Crippen molar-refractivity contribution in [2.75, 3.05) is 13.7 Å². The number of fused-ring (bicyclic) bond motifs is 3. The van der Waals surface area contributed by atoms with Gasteiger partial charge in [-0.15, -0.1) is 0 Å². The number of hydrogen-bond acceptors (Lipinski definition) is 5. The van der Waals surface area contributed by atoms with Crippen molar-refractivity contribution in [3.63, 3.8) is 0 Å². The van der Waals surface area contributed by atoms with Gasteiger partial charge < -0.3 is 20.1 Å². The average molecular weight is 404 g/mol. The van der Waals surface area contributed by atoms with Gasteiger partial charge in [-0.1, -0.05) is 18.2 Å². The molecule has 3 heterocycles. The highest BCUT2D eigenvalue weighted by Gasteiger charge is 2.31. The normalized spacial score (nSPS) is 15.8. The summed E-state index contributed by atoms with van der Waals surface area (Å²) in [5.74, 6) is 0.227. The van der Waals surface area contributed by atoms with Crippen LogP contribution in [-0.4, -0.2) is 33.3 Å². The summed E-state index contributed by atoms with van der Waals surface area (Å²) >= 11 is 0. The Morgan fingerprint density at radius 2 is 1.83 bits per heavy atom. The fraction of sp³-hybridized carbons (Fsp3) is 0.182. The van der Waals surface area contributed by atoms with Crippen molar-refractivity contribution < 1.29 is 9.84 Å². The van der Waals surface area contributed by atoms with Crippen LogP contribution in [0.3, 0.4) is 0 Å². The van der Waals surface area contributed by atoms with Gasteiger partial charge in [-0.3, -0.25) is 9.78 Å². The molecule has 1 aliphatic rings. The van der Waals surface area contributed by atoms with E-state index in [0.717, 1.165) is 33.1 Å². The van der Waals surface area contributed by atoms with Crippen molar-refractivity contribution >= 4 is 10.9 Å². The molecule has 30 heavy (non-hydrogen) atoms. The molecule has 2 aromatic heterocycles. The van der Waals surface area contributed by atoms with E-state index in [-0.39, 0.29) is 5.56 Å². The Morgan fingerprint density at radius 3 is 2.60 bits per heavy atom. The molecule has 4 aromatic rings. The summed E-state index contributed by atoms with van der Waals surface area (Å²) in [5.41, 5.74) is 2.08. The van der Waals surface area contributed by atoms with Crippen LogP contribution in [0.25, 0.3) is 16.6 Å². The number of nitrogens with zero attached hydrogens (tertiary/aromatic N) is 1. The van der Waals surface area contributed by atoms with Crippen molar-refractivity contribution in [2.24, 2.45) is 0 Å². The minimum absolute atomic E-state index is 0.0953. The maximum atomic E-state index is 12.8. The Bertz CT molecular complexity index is 1360. The molecule has 2 aromatic carbocycles. The van der Waals surface area contributed by atoms with E-state index in [1.807, 2.05) is 24.3 Å². The number of rotatable bonds is 3. The number of benzene rings is 2. The molecule has 0 aliphatic carbocycles. The van der Waals surface area contributed by atoms with Crippen LogP contribution in [0.4, 0.5) is 0 Å². The summed E-state index contributed by atoms with van der Waals surface area (Å²) in [6.07, 6.45) is 0.798. The van der Waals surface area contributed by atoms with Crippen molar-refractivity contribution in [1.29, 1.82) is 0 Å². The molecule has 0 bridgehead atoms. The van der Waals surface area contributed by atoms with Gasteiger partial charge in [0.1, 0.15) is 11.3 Å². The number of hydrogen-bond donors (Lipinski definition) is 4. The fourth-order valence-corrected chi connectivity index (χ4v) is 4.20. The molecule has 152 valence electrons. The summed E-state index contributed by atoms with van der Waals surface area (Å²) in [6, 6.07) is 14.0. The number of aromatic amines is 2. The van der Waals surface area contributed by atoms with E-state index in [0.29, 0.717) is 18.0 Å². The third kappa shape index (κ3) is 2.73. The first-order chi connectivity index (χ1) is 14.6. The lowest BCUT2D eigenvalue weighted by Gasteiger charge is -2.25. The Balaban J connectivity index is 1.71. The van der Waals surface area contributed by atoms with Crippen molar-refractivity contribution in [3.8, 4) is 17.3 Å². The Hall–Kier alpha value is -3.78. The lowest BCUT2D eigenvalue weighted by Crippen LogP contribution is -2.38. The lowest BCUT2D eigenvalue weighted by atomic mass is 9.95. The molecular weight excluding hydrogens is 384 g/mol. The molecule has 5 rings (SSSR count). The number of H-pyrrole nitrogens is 2. The van der Waals surface area contributed by atoms with Crippen molar-refractivity contribution in [1.82, 2.24) is 19.9 Å². The molecular formula is C22H20N4O4. The Kier molecular flexibility index (Phi) is 4.22. The second kappa shape index (κ2) is 6.93. The second-order valence-corrected chi connectivity index (χ2v) is 7.23. The van der Waals surface area contributed by atoms with Crippen LogP contribution < -0.4 is 21.3 Å². The van der Waals surface area contributed by atoms with E-state index in [1.165, 1.54) is 0 Å². The summed E-state index contributed by atoms with van der Waals surface area (Å²) in [7, 11) is 1.55. The van der Waals surface area contributed by atoms with Gasteiger partial charge in [0.25, 0.3) is 5.56 Å². The molecule has 1 atom stereocenters. The van der Waals surface area contributed by atoms with Gasteiger partial charge in [-0.25, -0.2) is 9.36 Å². The van der Waals surface area contributed by atoms with E-state index in [2.05, 4.69) is 15.3 Å². The standard InChI is InChI=1S/C22H20N4O4/c1-30-13-8-6-12(7-9-13)26-21(28)17(20(27)25-22(26)29)19-18-15(10-11-23-19)14-4-2-3-5-16(14)24-18/h2-9,19,23-24,28H,10-11H2,1H3,(H,25,27,29)/t19-/m1/s1. The predicted octanol–water partition coefficient (Wildman–Crippen LogP) is 1.96. The highest BCUT2D eigenvalue weighted by Crippen LogP contribution is 2.35. The zero-order valence-electron chi connectivity index (χ0n) is 16.2.